The maximum Gasteiger partial charge on any atom is 0.235 e. The van der Waals surface area contributed by atoms with Gasteiger partial charge in [0.2, 0.25) is 5.91 Å². The van der Waals surface area contributed by atoms with Crippen LogP contribution in [0, 0.1) is 11.3 Å². The lowest BCUT2D eigenvalue weighted by Crippen LogP contribution is -2.14. The van der Waals surface area contributed by atoms with E-state index in [9.17, 15) is 10.1 Å². The third-order valence-corrected chi connectivity index (χ3v) is 8.85. The summed E-state index contributed by atoms with van der Waals surface area (Å²) >= 11 is 4.59. The average Bonchev–Trinajstić information content (AvgIpc) is 3.38. The summed E-state index contributed by atoms with van der Waals surface area (Å²) in [5.41, 5.74) is 4.07. The number of nitrogens with zero attached hydrogens (tertiary/aromatic N) is 2. The quantitative estimate of drug-likeness (QED) is 0.358. The van der Waals surface area contributed by atoms with Crippen LogP contribution < -0.4 is 5.32 Å². The van der Waals surface area contributed by atoms with E-state index in [1.807, 2.05) is 30.3 Å². The van der Waals surface area contributed by atoms with Gasteiger partial charge >= 0.3 is 0 Å². The zero-order valence-electron chi connectivity index (χ0n) is 16.6. The van der Waals surface area contributed by atoms with E-state index in [1.54, 1.807) is 22.7 Å². The molecular weight excluding hydrogens is 442 g/mol. The van der Waals surface area contributed by atoms with Crippen LogP contribution in [0.3, 0.4) is 0 Å². The second kappa shape index (κ2) is 8.83. The van der Waals surface area contributed by atoms with Gasteiger partial charge in [-0.2, -0.15) is 5.26 Å². The number of fused-ring (bicyclic) bond motifs is 2. The topological polar surface area (TPSA) is 65.8 Å². The van der Waals surface area contributed by atoms with Gasteiger partial charge in [-0.05, 0) is 48.4 Å². The van der Waals surface area contributed by atoms with Crippen LogP contribution in [0.2, 0.25) is 0 Å². The molecule has 1 aliphatic rings. The first-order valence-corrected chi connectivity index (χ1v) is 12.7. The number of rotatable bonds is 5. The molecule has 1 atom stereocenters. The fraction of sp³-hybridized carbons (Fsp3) is 0.208. The lowest BCUT2D eigenvalue weighted by Gasteiger charge is -2.22. The zero-order valence-corrected chi connectivity index (χ0v) is 19.1. The number of hydrogen-bond acceptors (Lipinski definition) is 6. The van der Waals surface area contributed by atoms with Crippen molar-refractivity contribution < 1.29 is 4.79 Å². The van der Waals surface area contributed by atoms with Gasteiger partial charge < -0.3 is 5.32 Å². The van der Waals surface area contributed by atoms with Gasteiger partial charge in [-0.3, -0.25) is 4.79 Å². The molecule has 4 nitrogen and oxygen atoms in total. The van der Waals surface area contributed by atoms with Crippen LogP contribution in [0.4, 0.5) is 5.00 Å². The highest BCUT2D eigenvalue weighted by Gasteiger charge is 2.27. The van der Waals surface area contributed by atoms with Gasteiger partial charge in [-0.25, -0.2) is 4.98 Å². The van der Waals surface area contributed by atoms with Gasteiger partial charge in [0.1, 0.15) is 11.1 Å². The van der Waals surface area contributed by atoms with E-state index >= 15 is 0 Å². The number of thiophene rings is 1. The SMILES string of the molecule is N#Cc1c(NC(=O)CSc2nc3ccccc3s2)sc2c1CC[C@@H](c1ccccc1)C2. The van der Waals surface area contributed by atoms with Gasteiger partial charge in [0.15, 0.2) is 4.34 Å². The Balaban J connectivity index is 1.28. The molecule has 7 heteroatoms. The van der Waals surface area contributed by atoms with E-state index in [4.69, 9.17) is 0 Å². The highest BCUT2D eigenvalue weighted by molar-refractivity contribution is 8.01. The van der Waals surface area contributed by atoms with E-state index < -0.39 is 0 Å². The third kappa shape index (κ3) is 4.24. The van der Waals surface area contributed by atoms with Crippen LogP contribution in [-0.2, 0) is 17.6 Å². The van der Waals surface area contributed by atoms with Crippen LogP contribution in [0.1, 0.15) is 33.9 Å². The first-order valence-electron chi connectivity index (χ1n) is 10.1. The summed E-state index contributed by atoms with van der Waals surface area (Å²) in [7, 11) is 0. The summed E-state index contributed by atoms with van der Waals surface area (Å²) in [6, 6.07) is 20.9. The van der Waals surface area contributed by atoms with Gasteiger partial charge in [0, 0.05) is 4.88 Å². The number of anilines is 1. The Kier molecular flexibility index (Phi) is 5.77. The Morgan fingerprint density at radius 3 is 2.77 bits per heavy atom. The monoisotopic (exact) mass is 461 g/mol. The smallest absolute Gasteiger partial charge is 0.235 e. The largest absolute Gasteiger partial charge is 0.316 e. The minimum atomic E-state index is -0.0982. The number of aromatic nitrogens is 1. The predicted molar refractivity (Wildman–Crippen MR) is 129 cm³/mol. The summed E-state index contributed by atoms with van der Waals surface area (Å²) in [6.45, 7) is 0. The molecule has 1 amide bonds. The summed E-state index contributed by atoms with van der Waals surface area (Å²) in [4.78, 5) is 18.4. The predicted octanol–water partition coefficient (Wildman–Crippen LogP) is 6.23. The number of thioether (sulfide) groups is 1. The molecule has 1 N–H and O–H groups in total. The molecule has 0 spiro atoms. The lowest BCUT2D eigenvalue weighted by molar-refractivity contribution is -0.113. The second-order valence-electron chi connectivity index (χ2n) is 7.45. The fourth-order valence-corrected chi connectivity index (χ4v) is 7.17. The molecule has 0 aliphatic heterocycles. The van der Waals surface area contributed by atoms with E-state index in [0.717, 1.165) is 39.4 Å². The van der Waals surface area contributed by atoms with E-state index in [2.05, 4.69) is 40.6 Å². The minimum absolute atomic E-state index is 0.0982. The number of benzene rings is 2. The fourth-order valence-electron chi connectivity index (χ4n) is 4.00. The van der Waals surface area contributed by atoms with Crippen LogP contribution in [-0.4, -0.2) is 16.6 Å². The molecule has 4 aromatic rings. The van der Waals surface area contributed by atoms with Crippen molar-refractivity contribution >= 4 is 55.6 Å². The number of para-hydroxylation sites is 1. The minimum Gasteiger partial charge on any atom is -0.316 e. The number of nitriles is 1. The first-order chi connectivity index (χ1) is 15.2. The highest BCUT2D eigenvalue weighted by atomic mass is 32.2. The molecule has 0 radical (unpaired) electrons. The standard InChI is InChI=1S/C24H19N3OS3/c25-13-18-17-11-10-16(15-6-2-1-3-7-15)12-21(17)30-23(18)27-22(28)14-29-24-26-19-8-4-5-9-20(19)31-24/h1-9,16H,10-12,14H2,(H,27,28)/t16-/m1/s1. The molecule has 1 aliphatic carbocycles. The van der Waals surface area contributed by atoms with Crippen molar-refractivity contribution in [3.8, 4) is 6.07 Å². The molecule has 0 saturated heterocycles. The maximum absolute atomic E-state index is 12.6. The van der Waals surface area contributed by atoms with Crippen LogP contribution in [0.5, 0.6) is 0 Å². The number of carbonyl (C=O) groups excluding carboxylic acids is 1. The summed E-state index contributed by atoms with van der Waals surface area (Å²) in [6.07, 6.45) is 2.84. The van der Waals surface area contributed by atoms with Crippen LogP contribution in [0.25, 0.3) is 10.2 Å². The Bertz CT molecular complexity index is 1250. The number of carbonyl (C=O) groups is 1. The van der Waals surface area contributed by atoms with Crippen molar-refractivity contribution in [3.63, 3.8) is 0 Å². The molecule has 31 heavy (non-hydrogen) atoms. The van der Waals surface area contributed by atoms with Crippen molar-refractivity contribution in [2.45, 2.75) is 29.5 Å². The molecule has 0 saturated carbocycles. The molecule has 2 aromatic carbocycles. The van der Waals surface area contributed by atoms with Crippen molar-refractivity contribution in [1.82, 2.24) is 4.98 Å². The molecule has 154 valence electrons. The number of thiazole rings is 1. The summed E-state index contributed by atoms with van der Waals surface area (Å²) < 4.78 is 2.00. The van der Waals surface area contributed by atoms with E-state index in [-0.39, 0.29) is 11.7 Å². The summed E-state index contributed by atoms with van der Waals surface area (Å²) in [5, 5.41) is 13.4. The molecule has 2 aromatic heterocycles. The molecule has 5 rings (SSSR count). The zero-order chi connectivity index (χ0) is 21.2. The van der Waals surface area contributed by atoms with Crippen LogP contribution in [0.15, 0.2) is 58.9 Å². The van der Waals surface area contributed by atoms with Crippen molar-refractivity contribution in [2.24, 2.45) is 0 Å². The number of nitrogens with one attached hydrogen (secondary N) is 1. The molecule has 0 bridgehead atoms. The third-order valence-electron chi connectivity index (χ3n) is 5.50. The first kappa shape index (κ1) is 20.3. The normalized spacial score (nSPS) is 15.4. The number of amides is 1. The molecule has 0 fully saturated rings. The maximum atomic E-state index is 12.6. The molecule has 2 heterocycles. The van der Waals surface area contributed by atoms with Crippen LogP contribution >= 0.6 is 34.4 Å². The molecular formula is C24H19N3OS3. The highest BCUT2D eigenvalue weighted by Crippen LogP contribution is 2.42. The van der Waals surface area contributed by atoms with Gasteiger partial charge in [0.25, 0.3) is 0 Å². The van der Waals surface area contributed by atoms with E-state index in [0.29, 0.717) is 16.5 Å². The van der Waals surface area contributed by atoms with Crippen molar-refractivity contribution in [2.75, 3.05) is 11.1 Å². The lowest BCUT2D eigenvalue weighted by atomic mass is 9.83. The Morgan fingerprint density at radius 2 is 1.97 bits per heavy atom. The second-order valence-corrected chi connectivity index (χ2v) is 10.8. The summed E-state index contributed by atoms with van der Waals surface area (Å²) in [5.74, 6) is 0.649. The number of hydrogen-bond donors (Lipinski definition) is 1. The van der Waals surface area contributed by atoms with E-state index in [1.165, 1.54) is 22.2 Å². The Morgan fingerprint density at radius 1 is 1.16 bits per heavy atom. The van der Waals surface area contributed by atoms with Gasteiger partial charge in [-0.1, -0.05) is 54.2 Å². The Labute approximate surface area is 193 Å². The van der Waals surface area contributed by atoms with Crippen molar-refractivity contribution in [3.05, 3.63) is 76.2 Å². The average molecular weight is 462 g/mol. The van der Waals surface area contributed by atoms with Crippen molar-refractivity contribution in [1.29, 1.82) is 5.26 Å². The Hall–Kier alpha value is -2.66. The van der Waals surface area contributed by atoms with Gasteiger partial charge in [-0.15, -0.1) is 22.7 Å². The molecule has 0 unspecified atom stereocenters. The van der Waals surface area contributed by atoms with Gasteiger partial charge in [0.05, 0.1) is 21.5 Å².